The molecule has 0 unspecified atom stereocenters. The first-order chi connectivity index (χ1) is 10.2. The molecule has 2 aromatic rings. The number of thioether (sulfide) groups is 1. The molecule has 0 aromatic heterocycles. The summed E-state index contributed by atoms with van der Waals surface area (Å²) in [6, 6.07) is 14.4. The van der Waals surface area contributed by atoms with Gasteiger partial charge in [-0.05, 0) is 17.7 Å². The van der Waals surface area contributed by atoms with Gasteiger partial charge in [-0.1, -0.05) is 42.5 Å². The Balaban J connectivity index is 2.00. The summed E-state index contributed by atoms with van der Waals surface area (Å²) in [4.78, 5) is 1.15. The van der Waals surface area contributed by atoms with Crippen molar-refractivity contribution in [2.75, 3.05) is 11.1 Å². The highest BCUT2D eigenvalue weighted by Gasteiger charge is 2.06. The maximum absolute atomic E-state index is 12.5. The molecule has 4 heteroatoms. The van der Waals surface area contributed by atoms with Gasteiger partial charge in [0.15, 0.2) is 0 Å². The monoisotopic (exact) mass is 305 g/mol. The normalized spacial score (nSPS) is 10.6. The Bertz CT molecular complexity index is 582. The lowest BCUT2D eigenvalue weighted by Crippen LogP contribution is -2.00. The Morgan fingerprint density at radius 3 is 2.48 bits per heavy atom. The van der Waals surface area contributed by atoms with Crippen LogP contribution in [0.4, 0.5) is 14.5 Å². The third-order valence-corrected chi connectivity index (χ3v) is 4.03. The van der Waals surface area contributed by atoms with Gasteiger partial charge >= 0.3 is 0 Å². The zero-order valence-electron chi connectivity index (χ0n) is 11.6. The molecule has 0 fully saturated rings. The van der Waals surface area contributed by atoms with Gasteiger partial charge in [0.1, 0.15) is 0 Å². The van der Waals surface area contributed by atoms with Gasteiger partial charge in [-0.25, -0.2) is 8.78 Å². The maximum Gasteiger partial charge on any atom is 0.263 e. The topological polar surface area (TPSA) is 12.0 Å². The van der Waals surface area contributed by atoms with Crippen molar-refractivity contribution in [3.63, 3.8) is 0 Å². The van der Waals surface area contributed by atoms with Crippen molar-refractivity contribution in [2.45, 2.75) is 17.9 Å². The van der Waals surface area contributed by atoms with Crippen molar-refractivity contribution in [1.82, 2.24) is 0 Å². The molecule has 0 aliphatic carbocycles. The van der Waals surface area contributed by atoms with Crippen molar-refractivity contribution in [3.8, 4) is 0 Å². The minimum Gasteiger partial charge on any atom is -0.380 e. The molecule has 0 saturated carbocycles. The van der Waals surface area contributed by atoms with Crippen molar-refractivity contribution in [2.24, 2.45) is 0 Å². The second-order valence-electron chi connectivity index (χ2n) is 4.49. The highest BCUT2D eigenvalue weighted by Crippen LogP contribution is 2.27. The summed E-state index contributed by atoms with van der Waals surface area (Å²) in [7, 11) is 0. The lowest BCUT2D eigenvalue weighted by atomic mass is 10.1. The summed E-state index contributed by atoms with van der Waals surface area (Å²) in [5.74, 6) is 0.849. The average molecular weight is 305 g/mol. The molecule has 2 aromatic carbocycles. The molecular formula is C17H17F2NS. The van der Waals surface area contributed by atoms with E-state index in [2.05, 4.69) is 18.0 Å². The van der Waals surface area contributed by atoms with Gasteiger partial charge in [0.05, 0.1) is 0 Å². The number of alkyl halides is 2. The van der Waals surface area contributed by atoms with Crippen LogP contribution in [0.1, 0.15) is 17.6 Å². The fraction of sp³-hybridized carbons (Fsp3) is 0.176. The lowest BCUT2D eigenvalue weighted by Gasteiger charge is -2.11. The smallest absolute Gasteiger partial charge is 0.263 e. The summed E-state index contributed by atoms with van der Waals surface area (Å²) >= 11 is 1.71. The van der Waals surface area contributed by atoms with Crippen LogP contribution in [0, 0.1) is 0 Å². The molecule has 0 atom stereocenters. The number of anilines is 1. The van der Waals surface area contributed by atoms with Crippen molar-refractivity contribution < 1.29 is 8.78 Å². The van der Waals surface area contributed by atoms with Gasteiger partial charge in [-0.2, -0.15) is 0 Å². The number of hydrogen-bond acceptors (Lipinski definition) is 2. The molecule has 0 aliphatic rings. The van der Waals surface area contributed by atoms with Crippen LogP contribution in [0.3, 0.4) is 0 Å². The van der Waals surface area contributed by atoms with E-state index < -0.39 is 6.43 Å². The second-order valence-corrected chi connectivity index (χ2v) is 5.55. The van der Waals surface area contributed by atoms with E-state index in [1.165, 1.54) is 12.1 Å². The minimum absolute atomic E-state index is 0.0562. The Labute approximate surface area is 128 Å². The van der Waals surface area contributed by atoms with Crippen LogP contribution in [-0.4, -0.2) is 5.75 Å². The zero-order chi connectivity index (χ0) is 15.1. The van der Waals surface area contributed by atoms with E-state index in [-0.39, 0.29) is 5.56 Å². The molecule has 110 valence electrons. The molecule has 0 spiro atoms. The van der Waals surface area contributed by atoms with E-state index in [1.807, 2.05) is 24.3 Å². The Kier molecular flexibility index (Phi) is 5.81. The predicted octanol–water partition coefficient (Wildman–Crippen LogP) is 5.51. The molecule has 21 heavy (non-hydrogen) atoms. The Morgan fingerprint density at radius 1 is 1.10 bits per heavy atom. The fourth-order valence-corrected chi connectivity index (χ4v) is 2.63. The second kappa shape index (κ2) is 7.84. The highest BCUT2D eigenvalue weighted by atomic mass is 32.2. The summed E-state index contributed by atoms with van der Waals surface area (Å²) in [6.45, 7) is 4.33. The van der Waals surface area contributed by atoms with Crippen LogP contribution in [0.2, 0.25) is 0 Å². The number of hydrogen-bond donors (Lipinski definition) is 1. The number of nitrogens with one attached hydrogen (secondary N) is 1. The van der Waals surface area contributed by atoms with Crippen LogP contribution in [-0.2, 0) is 6.54 Å². The molecule has 0 saturated heterocycles. The molecule has 0 bridgehead atoms. The third-order valence-electron chi connectivity index (χ3n) is 2.96. The molecule has 0 radical (unpaired) electrons. The molecule has 0 amide bonds. The molecule has 1 nitrogen and oxygen atoms in total. The first kappa shape index (κ1) is 15.6. The maximum atomic E-state index is 12.5. The highest BCUT2D eigenvalue weighted by molar-refractivity contribution is 7.99. The molecule has 0 aliphatic heterocycles. The van der Waals surface area contributed by atoms with Gasteiger partial charge in [-0.15, -0.1) is 18.3 Å². The standard InChI is InChI=1S/C17H17F2NS/c1-2-11-21-16-6-4-3-5-15(16)20-12-13-7-9-14(10-8-13)17(18)19/h2-10,17,20H,1,11-12H2. The lowest BCUT2D eigenvalue weighted by molar-refractivity contribution is 0.151. The molecule has 0 heterocycles. The summed E-state index contributed by atoms with van der Waals surface area (Å²) in [5.41, 5.74) is 2.07. The van der Waals surface area contributed by atoms with Crippen LogP contribution < -0.4 is 5.32 Å². The molecular weight excluding hydrogens is 288 g/mol. The quantitative estimate of drug-likeness (QED) is 0.534. The van der Waals surface area contributed by atoms with Crippen molar-refractivity contribution in [3.05, 3.63) is 72.3 Å². The summed E-state index contributed by atoms with van der Waals surface area (Å²) in [6.07, 6.45) is -0.548. The summed E-state index contributed by atoms with van der Waals surface area (Å²) in [5, 5.41) is 3.34. The number of halogens is 2. The zero-order valence-corrected chi connectivity index (χ0v) is 12.4. The van der Waals surface area contributed by atoms with E-state index in [1.54, 1.807) is 23.9 Å². The molecule has 2 rings (SSSR count). The van der Waals surface area contributed by atoms with Gasteiger partial charge in [0, 0.05) is 28.4 Å². The van der Waals surface area contributed by atoms with Crippen LogP contribution in [0.15, 0.2) is 66.1 Å². The van der Waals surface area contributed by atoms with Crippen LogP contribution >= 0.6 is 11.8 Å². The average Bonchev–Trinajstić information content (AvgIpc) is 2.52. The van der Waals surface area contributed by atoms with Crippen molar-refractivity contribution in [1.29, 1.82) is 0 Å². The van der Waals surface area contributed by atoms with E-state index >= 15 is 0 Å². The van der Waals surface area contributed by atoms with E-state index in [0.29, 0.717) is 6.54 Å². The van der Waals surface area contributed by atoms with E-state index in [0.717, 1.165) is 21.9 Å². The van der Waals surface area contributed by atoms with Gasteiger partial charge in [0.25, 0.3) is 6.43 Å². The first-order valence-corrected chi connectivity index (χ1v) is 7.63. The van der Waals surface area contributed by atoms with E-state index in [4.69, 9.17) is 0 Å². The van der Waals surface area contributed by atoms with Crippen LogP contribution in [0.25, 0.3) is 0 Å². The van der Waals surface area contributed by atoms with Gasteiger partial charge in [0.2, 0.25) is 0 Å². The number of benzene rings is 2. The first-order valence-electron chi connectivity index (χ1n) is 6.64. The third kappa shape index (κ3) is 4.60. The Morgan fingerprint density at radius 2 is 1.81 bits per heavy atom. The summed E-state index contributed by atoms with van der Waals surface area (Å²) < 4.78 is 25.0. The van der Waals surface area contributed by atoms with Crippen LogP contribution in [0.5, 0.6) is 0 Å². The van der Waals surface area contributed by atoms with Crippen molar-refractivity contribution >= 4 is 17.4 Å². The van der Waals surface area contributed by atoms with Gasteiger partial charge in [-0.3, -0.25) is 0 Å². The Hall–Kier alpha value is -1.81. The fourth-order valence-electron chi connectivity index (χ4n) is 1.87. The predicted molar refractivity (Wildman–Crippen MR) is 86.1 cm³/mol. The molecule has 1 N–H and O–H groups in total. The number of para-hydroxylation sites is 1. The van der Waals surface area contributed by atoms with Gasteiger partial charge < -0.3 is 5.32 Å². The van der Waals surface area contributed by atoms with E-state index in [9.17, 15) is 8.78 Å². The largest absolute Gasteiger partial charge is 0.380 e. The minimum atomic E-state index is -2.41. The SMILES string of the molecule is C=CCSc1ccccc1NCc1ccc(C(F)F)cc1. The number of rotatable bonds is 7.